The van der Waals surface area contributed by atoms with Crippen molar-refractivity contribution in [1.82, 2.24) is 5.32 Å². The lowest BCUT2D eigenvalue weighted by molar-refractivity contribution is 0.525. The third-order valence-electron chi connectivity index (χ3n) is 3.82. The first-order valence-corrected chi connectivity index (χ1v) is 9.57. The van der Waals surface area contributed by atoms with Crippen molar-refractivity contribution < 1.29 is 8.42 Å². The SMILES string of the molecule is CS(=O)(=O)CCCCC(CNC1CC1)c1ccccc1. The Morgan fingerprint density at radius 2 is 1.90 bits per heavy atom. The van der Waals surface area contributed by atoms with Crippen LogP contribution in [0.3, 0.4) is 0 Å². The van der Waals surface area contributed by atoms with Crippen molar-refractivity contribution in [1.29, 1.82) is 0 Å². The zero-order chi connectivity index (χ0) is 14.4. The molecule has 1 unspecified atom stereocenters. The summed E-state index contributed by atoms with van der Waals surface area (Å²) in [6.45, 7) is 1.01. The summed E-state index contributed by atoms with van der Waals surface area (Å²) in [5.74, 6) is 0.807. The molecule has 0 amide bonds. The summed E-state index contributed by atoms with van der Waals surface area (Å²) in [7, 11) is -2.82. The van der Waals surface area contributed by atoms with Crippen LogP contribution in [-0.2, 0) is 9.84 Å². The molecular formula is C16H25NO2S. The minimum absolute atomic E-state index is 0.310. The summed E-state index contributed by atoms with van der Waals surface area (Å²) in [4.78, 5) is 0. The molecule has 1 fully saturated rings. The molecule has 0 aliphatic heterocycles. The van der Waals surface area contributed by atoms with Crippen molar-refractivity contribution in [3.8, 4) is 0 Å². The first kappa shape index (κ1) is 15.5. The quantitative estimate of drug-likeness (QED) is 0.713. The number of benzene rings is 1. The normalized spacial score (nSPS) is 17.1. The van der Waals surface area contributed by atoms with Gasteiger partial charge in [-0.25, -0.2) is 8.42 Å². The Morgan fingerprint density at radius 3 is 2.50 bits per heavy atom. The molecule has 1 saturated carbocycles. The fourth-order valence-electron chi connectivity index (χ4n) is 2.46. The lowest BCUT2D eigenvalue weighted by atomic mass is 9.93. The zero-order valence-corrected chi connectivity index (χ0v) is 13.0. The zero-order valence-electron chi connectivity index (χ0n) is 12.2. The van der Waals surface area contributed by atoms with Crippen molar-refractivity contribution >= 4 is 9.84 Å². The van der Waals surface area contributed by atoms with Crippen LogP contribution in [0, 0.1) is 0 Å². The van der Waals surface area contributed by atoms with Gasteiger partial charge in [0.2, 0.25) is 0 Å². The lowest BCUT2D eigenvalue weighted by Gasteiger charge is -2.18. The van der Waals surface area contributed by atoms with Crippen molar-refractivity contribution in [2.45, 2.75) is 44.1 Å². The highest BCUT2D eigenvalue weighted by molar-refractivity contribution is 7.90. The largest absolute Gasteiger partial charge is 0.313 e. The second-order valence-electron chi connectivity index (χ2n) is 5.92. The molecule has 20 heavy (non-hydrogen) atoms. The van der Waals surface area contributed by atoms with Crippen molar-refractivity contribution in [2.75, 3.05) is 18.6 Å². The highest BCUT2D eigenvalue weighted by atomic mass is 32.2. The molecule has 3 nitrogen and oxygen atoms in total. The predicted octanol–water partition coefficient (Wildman–Crippen LogP) is 2.74. The van der Waals surface area contributed by atoms with Crippen LogP contribution in [0.2, 0.25) is 0 Å². The van der Waals surface area contributed by atoms with Crippen LogP contribution < -0.4 is 5.32 Å². The van der Waals surface area contributed by atoms with E-state index in [0.717, 1.165) is 31.8 Å². The van der Waals surface area contributed by atoms with Crippen molar-refractivity contribution in [3.05, 3.63) is 35.9 Å². The van der Waals surface area contributed by atoms with Crippen LogP contribution in [0.5, 0.6) is 0 Å². The summed E-state index contributed by atoms with van der Waals surface area (Å²) in [6.07, 6.45) is 6.71. The van der Waals surface area contributed by atoms with Crippen LogP contribution in [0.25, 0.3) is 0 Å². The molecule has 0 radical (unpaired) electrons. The average molecular weight is 295 g/mol. The van der Waals surface area contributed by atoms with Gasteiger partial charge in [-0.15, -0.1) is 0 Å². The minimum atomic E-state index is -2.82. The van der Waals surface area contributed by atoms with Crippen LogP contribution in [0.1, 0.15) is 43.6 Å². The Balaban J connectivity index is 1.82. The number of rotatable bonds is 9. The fourth-order valence-corrected chi connectivity index (χ4v) is 3.19. The Bertz CT molecular complexity index is 494. The van der Waals surface area contributed by atoms with Crippen LogP contribution in [-0.4, -0.2) is 33.0 Å². The maximum Gasteiger partial charge on any atom is 0.147 e. The molecule has 2 rings (SSSR count). The van der Waals surface area contributed by atoms with Crippen LogP contribution in [0.4, 0.5) is 0 Å². The molecule has 0 spiro atoms. The van der Waals surface area contributed by atoms with Gasteiger partial charge in [0.25, 0.3) is 0 Å². The molecule has 1 aromatic carbocycles. The van der Waals surface area contributed by atoms with E-state index in [1.165, 1.54) is 24.7 Å². The van der Waals surface area contributed by atoms with E-state index in [2.05, 4.69) is 29.6 Å². The molecule has 0 aromatic heterocycles. The van der Waals surface area contributed by atoms with Gasteiger partial charge in [0.15, 0.2) is 0 Å². The second-order valence-corrected chi connectivity index (χ2v) is 8.18. The van der Waals surface area contributed by atoms with Crippen LogP contribution >= 0.6 is 0 Å². The summed E-state index contributed by atoms with van der Waals surface area (Å²) in [5.41, 5.74) is 1.36. The fraction of sp³-hybridized carbons (Fsp3) is 0.625. The van der Waals surface area contributed by atoms with Gasteiger partial charge in [0, 0.05) is 24.6 Å². The summed E-state index contributed by atoms with van der Waals surface area (Å²) in [5, 5.41) is 3.59. The molecule has 1 N–H and O–H groups in total. The number of sulfone groups is 1. The maximum atomic E-state index is 11.2. The first-order valence-electron chi connectivity index (χ1n) is 7.50. The molecule has 4 heteroatoms. The Morgan fingerprint density at radius 1 is 1.20 bits per heavy atom. The van der Waals surface area contributed by atoms with Gasteiger partial charge in [-0.1, -0.05) is 36.8 Å². The molecule has 1 atom stereocenters. The molecule has 112 valence electrons. The predicted molar refractivity (Wildman–Crippen MR) is 83.8 cm³/mol. The van der Waals surface area contributed by atoms with E-state index in [4.69, 9.17) is 0 Å². The summed E-state index contributed by atoms with van der Waals surface area (Å²) < 4.78 is 22.3. The summed E-state index contributed by atoms with van der Waals surface area (Å²) in [6, 6.07) is 11.3. The molecule has 0 heterocycles. The van der Waals surface area contributed by atoms with Crippen molar-refractivity contribution in [2.24, 2.45) is 0 Å². The van der Waals surface area contributed by atoms with E-state index in [1.54, 1.807) is 0 Å². The van der Waals surface area contributed by atoms with Gasteiger partial charge in [-0.2, -0.15) is 0 Å². The molecule has 0 bridgehead atoms. The van der Waals surface area contributed by atoms with Gasteiger partial charge in [-0.3, -0.25) is 0 Å². The third kappa shape index (κ3) is 6.06. The van der Waals surface area contributed by atoms with Gasteiger partial charge in [0.05, 0.1) is 0 Å². The Kier molecular flexibility index (Phi) is 5.61. The average Bonchev–Trinajstić information content (AvgIpc) is 3.22. The minimum Gasteiger partial charge on any atom is -0.313 e. The van der Waals surface area contributed by atoms with E-state index in [-0.39, 0.29) is 0 Å². The van der Waals surface area contributed by atoms with E-state index >= 15 is 0 Å². The van der Waals surface area contributed by atoms with E-state index in [1.807, 2.05) is 6.07 Å². The standard InChI is InChI=1S/C16H25NO2S/c1-20(18,19)12-6-5-9-15(13-17-16-10-11-16)14-7-3-2-4-8-14/h2-4,7-8,15-17H,5-6,9-13H2,1H3. The molecular weight excluding hydrogens is 270 g/mol. The Labute approximate surface area is 122 Å². The number of nitrogens with one attached hydrogen (secondary N) is 1. The summed E-state index contributed by atoms with van der Waals surface area (Å²) >= 11 is 0. The van der Waals surface area contributed by atoms with Gasteiger partial charge in [-0.05, 0) is 37.2 Å². The van der Waals surface area contributed by atoms with Crippen LogP contribution in [0.15, 0.2) is 30.3 Å². The lowest BCUT2D eigenvalue weighted by Crippen LogP contribution is -2.23. The van der Waals surface area contributed by atoms with E-state index < -0.39 is 9.84 Å². The molecule has 0 saturated heterocycles. The molecule has 1 aliphatic rings. The van der Waals surface area contributed by atoms with Gasteiger partial charge >= 0.3 is 0 Å². The topological polar surface area (TPSA) is 46.2 Å². The number of hydrogen-bond acceptors (Lipinski definition) is 3. The van der Waals surface area contributed by atoms with E-state index in [0.29, 0.717) is 11.7 Å². The Hall–Kier alpha value is -0.870. The molecule has 1 aliphatic carbocycles. The van der Waals surface area contributed by atoms with Gasteiger partial charge in [0.1, 0.15) is 9.84 Å². The number of unbranched alkanes of at least 4 members (excludes halogenated alkanes) is 1. The number of hydrogen-bond donors (Lipinski definition) is 1. The van der Waals surface area contributed by atoms with E-state index in [9.17, 15) is 8.42 Å². The smallest absolute Gasteiger partial charge is 0.147 e. The molecule has 1 aromatic rings. The first-order chi connectivity index (χ1) is 9.54. The third-order valence-corrected chi connectivity index (χ3v) is 4.85. The van der Waals surface area contributed by atoms with Crippen molar-refractivity contribution in [3.63, 3.8) is 0 Å². The van der Waals surface area contributed by atoms with Gasteiger partial charge < -0.3 is 5.32 Å². The highest BCUT2D eigenvalue weighted by Gasteiger charge is 2.22. The highest BCUT2D eigenvalue weighted by Crippen LogP contribution is 2.24. The maximum absolute atomic E-state index is 11.2. The monoisotopic (exact) mass is 295 g/mol. The second kappa shape index (κ2) is 7.23.